The summed E-state index contributed by atoms with van der Waals surface area (Å²) < 4.78 is 1.83. The maximum Gasteiger partial charge on any atom is 0.257 e. The Labute approximate surface area is 137 Å². The molecule has 2 rings (SSSR count). The Morgan fingerprint density at radius 2 is 2.00 bits per heavy atom. The van der Waals surface area contributed by atoms with Crippen LogP contribution < -0.4 is 0 Å². The van der Waals surface area contributed by atoms with E-state index in [2.05, 4.69) is 11.2 Å². The third-order valence-corrected chi connectivity index (χ3v) is 3.77. The molecule has 2 aromatic rings. The van der Waals surface area contributed by atoms with E-state index in [4.69, 9.17) is 5.26 Å². The van der Waals surface area contributed by atoms with Crippen LogP contribution in [-0.2, 0) is 0 Å². The Hall–Kier alpha value is -2.61. The highest BCUT2D eigenvalue weighted by atomic mass is 16.2. The van der Waals surface area contributed by atoms with Crippen LogP contribution in [0.4, 0.5) is 0 Å². The molecule has 1 heterocycles. The molecule has 23 heavy (non-hydrogen) atoms. The van der Waals surface area contributed by atoms with Crippen LogP contribution in [0.5, 0.6) is 0 Å². The summed E-state index contributed by atoms with van der Waals surface area (Å²) in [6.45, 7) is 6.55. The van der Waals surface area contributed by atoms with E-state index in [0.29, 0.717) is 18.5 Å². The summed E-state index contributed by atoms with van der Waals surface area (Å²) in [5.41, 5.74) is 3.61. The zero-order valence-corrected chi connectivity index (χ0v) is 14.1. The van der Waals surface area contributed by atoms with Gasteiger partial charge in [0.2, 0.25) is 0 Å². The van der Waals surface area contributed by atoms with Gasteiger partial charge in [-0.3, -0.25) is 4.79 Å². The normalized spacial score (nSPS) is 10.6. The number of aromatic nitrogens is 2. The molecule has 0 fully saturated rings. The molecule has 0 aliphatic carbocycles. The van der Waals surface area contributed by atoms with E-state index in [1.807, 2.05) is 49.7 Å². The number of nitrogens with zero attached hydrogens (tertiary/aromatic N) is 4. The molecule has 5 heteroatoms. The predicted octanol–water partition coefficient (Wildman–Crippen LogP) is 3.29. The molecule has 0 spiro atoms. The third-order valence-electron chi connectivity index (χ3n) is 3.77. The second kappa shape index (κ2) is 7.10. The summed E-state index contributed by atoms with van der Waals surface area (Å²) >= 11 is 0. The Kier molecular flexibility index (Phi) is 5.17. The van der Waals surface area contributed by atoms with Crippen molar-refractivity contribution in [1.82, 2.24) is 14.7 Å². The van der Waals surface area contributed by atoms with Crippen LogP contribution in [0.2, 0.25) is 0 Å². The topological polar surface area (TPSA) is 61.9 Å². The van der Waals surface area contributed by atoms with Crippen LogP contribution in [0, 0.1) is 18.3 Å². The fourth-order valence-corrected chi connectivity index (χ4v) is 2.49. The van der Waals surface area contributed by atoms with Crippen molar-refractivity contribution in [1.29, 1.82) is 5.26 Å². The standard InChI is InChI=1S/C18H22N4O/c1-13(2)17-16(18(23)21(4)11-5-10-19)12-20-22(17)15-8-6-14(3)7-9-15/h6-9,12-13H,5,11H2,1-4H3. The molecule has 0 aliphatic heterocycles. The van der Waals surface area contributed by atoms with Crippen molar-refractivity contribution in [3.8, 4) is 11.8 Å². The fraction of sp³-hybridized carbons (Fsp3) is 0.389. The lowest BCUT2D eigenvalue weighted by Gasteiger charge is -2.17. The van der Waals surface area contributed by atoms with Gasteiger partial charge in [-0.2, -0.15) is 10.4 Å². The zero-order chi connectivity index (χ0) is 17.0. The molecule has 1 amide bonds. The summed E-state index contributed by atoms with van der Waals surface area (Å²) in [4.78, 5) is 14.2. The monoisotopic (exact) mass is 310 g/mol. The van der Waals surface area contributed by atoms with E-state index in [-0.39, 0.29) is 11.8 Å². The van der Waals surface area contributed by atoms with Gasteiger partial charge in [0, 0.05) is 13.6 Å². The molecule has 0 radical (unpaired) electrons. The fourth-order valence-electron chi connectivity index (χ4n) is 2.49. The number of carbonyl (C=O) groups excluding carboxylic acids is 1. The number of aryl methyl sites for hydroxylation is 1. The first-order chi connectivity index (χ1) is 11.0. The number of hydrogen-bond donors (Lipinski definition) is 0. The molecule has 0 unspecified atom stereocenters. The van der Waals surface area contributed by atoms with Crippen LogP contribution >= 0.6 is 0 Å². The van der Waals surface area contributed by atoms with Crippen LogP contribution in [0.1, 0.15) is 47.8 Å². The number of nitriles is 1. The van der Waals surface area contributed by atoms with Gasteiger partial charge in [-0.25, -0.2) is 4.68 Å². The van der Waals surface area contributed by atoms with Gasteiger partial charge < -0.3 is 4.90 Å². The lowest BCUT2D eigenvalue weighted by atomic mass is 10.0. The zero-order valence-electron chi connectivity index (χ0n) is 14.1. The van der Waals surface area contributed by atoms with E-state index in [1.54, 1.807) is 18.1 Å². The molecular formula is C18H22N4O. The number of rotatable bonds is 5. The van der Waals surface area contributed by atoms with Gasteiger partial charge in [0.05, 0.1) is 35.6 Å². The Bertz CT molecular complexity index is 722. The van der Waals surface area contributed by atoms with Crippen molar-refractivity contribution in [2.24, 2.45) is 0 Å². The van der Waals surface area contributed by atoms with Crippen molar-refractivity contribution in [3.05, 3.63) is 47.3 Å². The molecule has 120 valence electrons. The van der Waals surface area contributed by atoms with E-state index in [9.17, 15) is 4.79 Å². The van der Waals surface area contributed by atoms with E-state index >= 15 is 0 Å². The van der Waals surface area contributed by atoms with Crippen LogP contribution in [0.25, 0.3) is 5.69 Å². The molecule has 5 nitrogen and oxygen atoms in total. The highest BCUT2D eigenvalue weighted by Crippen LogP contribution is 2.24. The minimum Gasteiger partial charge on any atom is -0.341 e. The van der Waals surface area contributed by atoms with Gasteiger partial charge in [0.25, 0.3) is 5.91 Å². The summed E-state index contributed by atoms with van der Waals surface area (Å²) in [5, 5.41) is 13.1. The Morgan fingerprint density at radius 1 is 1.35 bits per heavy atom. The molecule has 0 saturated carbocycles. The van der Waals surface area contributed by atoms with Gasteiger partial charge in [0.1, 0.15) is 0 Å². The maximum atomic E-state index is 12.6. The summed E-state index contributed by atoms with van der Waals surface area (Å²) in [5.74, 6) is 0.0597. The Morgan fingerprint density at radius 3 is 2.57 bits per heavy atom. The summed E-state index contributed by atoms with van der Waals surface area (Å²) in [6, 6.07) is 10.1. The quantitative estimate of drug-likeness (QED) is 0.851. The van der Waals surface area contributed by atoms with Crippen molar-refractivity contribution in [2.75, 3.05) is 13.6 Å². The van der Waals surface area contributed by atoms with Crippen LogP contribution in [0.15, 0.2) is 30.5 Å². The molecule has 0 atom stereocenters. The average molecular weight is 310 g/mol. The summed E-state index contributed by atoms with van der Waals surface area (Å²) in [7, 11) is 1.72. The minimum atomic E-state index is -0.0951. The van der Waals surface area contributed by atoms with Crippen LogP contribution in [-0.4, -0.2) is 34.2 Å². The Balaban J connectivity index is 2.41. The van der Waals surface area contributed by atoms with Gasteiger partial charge in [-0.15, -0.1) is 0 Å². The van der Waals surface area contributed by atoms with Crippen molar-refractivity contribution < 1.29 is 4.79 Å². The second-order valence-electron chi connectivity index (χ2n) is 5.98. The van der Waals surface area contributed by atoms with Crippen molar-refractivity contribution in [2.45, 2.75) is 33.1 Å². The van der Waals surface area contributed by atoms with E-state index in [0.717, 1.165) is 11.4 Å². The predicted molar refractivity (Wildman–Crippen MR) is 89.6 cm³/mol. The SMILES string of the molecule is Cc1ccc(-n2ncc(C(=O)N(C)CCC#N)c2C(C)C)cc1. The highest BCUT2D eigenvalue weighted by Gasteiger charge is 2.23. The van der Waals surface area contributed by atoms with Crippen molar-refractivity contribution >= 4 is 5.91 Å². The number of benzene rings is 1. The summed E-state index contributed by atoms with van der Waals surface area (Å²) in [6.07, 6.45) is 1.95. The van der Waals surface area contributed by atoms with Gasteiger partial charge >= 0.3 is 0 Å². The molecule has 0 N–H and O–H groups in total. The molecular weight excluding hydrogens is 288 g/mol. The lowest BCUT2D eigenvalue weighted by molar-refractivity contribution is 0.0796. The van der Waals surface area contributed by atoms with Gasteiger partial charge in [-0.1, -0.05) is 31.5 Å². The first kappa shape index (κ1) is 16.8. The van der Waals surface area contributed by atoms with Gasteiger partial charge in [-0.05, 0) is 25.0 Å². The molecule has 0 saturated heterocycles. The third kappa shape index (κ3) is 3.59. The number of carbonyl (C=O) groups is 1. The first-order valence-electron chi connectivity index (χ1n) is 7.73. The number of amides is 1. The lowest BCUT2D eigenvalue weighted by Crippen LogP contribution is -2.28. The van der Waals surface area contributed by atoms with Gasteiger partial charge in [0.15, 0.2) is 0 Å². The smallest absolute Gasteiger partial charge is 0.257 e. The second-order valence-corrected chi connectivity index (χ2v) is 5.98. The molecule has 0 bridgehead atoms. The molecule has 0 aliphatic rings. The van der Waals surface area contributed by atoms with E-state index < -0.39 is 0 Å². The molecule has 1 aromatic heterocycles. The maximum absolute atomic E-state index is 12.6. The number of hydrogen-bond acceptors (Lipinski definition) is 3. The van der Waals surface area contributed by atoms with Crippen LogP contribution in [0.3, 0.4) is 0 Å². The largest absolute Gasteiger partial charge is 0.341 e. The first-order valence-corrected chi connectivity index (χ1v) is 7.73. The molecule has 1 aromatic carbocycles. The average Bonchev–Trinajstić information content (AvgIpc) is 2.97. The van der Waals surface area contributed by atoms with E-state index in [1.165, 1.54) is 5.56 Å². The van der Waals surface area contributed by atoms with Crippen molar-refractivity contribution in [3.63, 3.8) is 0 Å². The minimum absolute atomic E-state index is 0.0951. The highest BCUT2D eigenvalue weighted by molar-refractivity contribution is 5.95.